The lowest BCUT2D eigenvalue weighted by molar-refractivity contribution is 0.875. The third-order valence-corrected chi connectivity index (χ3v) is 3.56. The van der Waals surface area contributed by atoms with Gasteiger partial charge in [-0.3, -0.25) is 0 Å². The summed E-state index contributed by atoms with van der Waals surface area (Å²) < 4.78 is 1.07. The summed E-state index contributed by atoms with van der Waals surface area (Å²) in [4.78, 5) is 0.804. The Kier molecular flexibility index (Phi) is 4.90. The van der Waals surface area contributed by atoms with Crippen molar-refractivity contribution in [3.63, 3.8) is 0 Å². The highest BCUT2D eigenvalue weighted by Gasteiger charge is 2.00. The molecule has 2 aromatic carbocycles. The first-order chi connectivity index (χ1) is 8.75. The fourth-order valence-corrected chi connectivity index (χ4v) is 2.17. The average Bonchev–Trinajstić information content (AvgIpc) is 2.40. The number of hydrogen-bond donors (Lipinski definition) is 1. The van der Waals surface area contributed by atoms with E-state index in [-0.39, 0.29) is 0 Å². The van der Waals surface area contributed by atoms with Gasteiger partial charge in [0, 0.05) is 16.6 Å². The number of nitrogens with one attached hydrogen (secondary N) is 1. The third-order valence-electron chi connectivity index (χ3n) is 2.65. The second kappa shape index (κ2) is 6.66. The fourth-order valence-electron chi connectivity index (χ4n) is 1.67. The molecule has 0 radical (unpaired) electrons. The van der Waals surface area contributed by atoms with Gasteiger partial charge in [-0.05, 0) is 24.1 Å². The van der Waals surface area contributed by atoms with Gasteiger partial charge in [0.2, 0.25) is 0 Å². The molecule has 3 heteroatoms. The van der Waals surface area contributed by atoms with Crippen LogP contribution in [0.3, 0.4) is 0 Å². The Morgan fingerprint density at radius 2 is 1.67 bits per heavy atom. The van der Waals surface area contributed by atoms with Gasteiger partial charge in [-0.15, -0.1) is 0 Å². The van der Waals surface area contributed by atoms with Crippen molar-refractivity contribution in [2.24, 2.45) is 0 Å². The highest BCUT2D eigenvalue weighted by molar-refractivity contribution is 9.10. The van der Waals surface area contributed by atoms with Crippen LogP contribution < -0.4 is 5.32 Å². The van der Waals surface area contributed by atoms with Crippen molar-refractivity contribution in [2.75, 3.05) is 6.54 Å². The highest BCUT2D eigenvalue weighted by atomic mass is 79.9. The first-order valence-electron chi connectivity index (χ1n) is 5.83. The predicted molar refractivity (Wildman–Crippen MR) is 84.0 cm³/mol. The summed E-state index contributed by atoms with van der Waals surface area (Å²) in [5, 5.41) is 3.28. The topological polar surface area (TPSA) is 12.0 Å². The van der Waals surface area contributed by atoms with Crippen molar-refractivity contribution in [1.82, 2.24) is 5.32 Å². The molecule has 0 unspecified atom stereocenters. The van der Waals surface area contributed by atoms with Crippen LogP contribution in [0.1, 0.15) is 11.1 Å². The Labute approximate surface area is 121 Å². The van der Waals surface area contributed by atoms with Crippen LogP contribution in [0.25, 0.3) is 0 Å². The van der Waals surface area contributed by atoms with Gasteiger partial charge in [-0.2, -0.15) is 0 Å². The van der Waals surface area contributed by atoms with Crippen LogP contribution in [0.15, 0.2) is 59.1 Å². The van der Waals surface area contributed by atoms with E-state index in [4.69, 9.17) is 12.2 Å². The minimum Gasteiger partial charge on any atom is -0.375 e. The molecule has 0 aromatic heterocycles. The molecular formula is C15H14BrNS. The molecular weight excluding hydrogens is 306 g/mol. The van der Waals surface area contributed by atoms with Crippen molar-refractivity contribution >= 4 is 33.1 Å². The molecule has 1 N–H and O–H groups in total. The molecule has 0 aliphatic rings. The summed E-state index contributed by atoms with van der Waals surface area (Å²) in [6.45, 7) is 0.860. The number of benzene rings is 2. The lowest BCUT2D eigenvalue weighted by Crippen LogP contribution is -2.24. The van der Waals surface area contributed by atoms with E-state index in [2.05, 4.69) is 45.5 Å². The molecule has 1 nitrogen and oxygen atoms in total. The maximum Gasteiger partial charge on any atom is 0.106 e. The monoisotopic (exact) mass is 319 g/mol. The van der Waals surface area contributed by atoms with Crippen LogP contribution in [0.4, 0.5) is 0 Å². The zero-order chi connectivity index (χ0) is 12.8. The number of rotatable bonds is 4. The van der Waals surface area contributed by atoms with Crippen LogP contribution in [-0.4, -0.2) is 11.5 Å². The standard InChI is InChI=1S/C15H14BrNS/c16-14-8-6-13(7-9-14)15(18)17-11-10-12-4-2-1-3-5-12/h1-9H,10-11H2,(H,17,18). The Balaban J connectivity index is 1.84. The normalized spacial score (nSPS) is 10.1. The highest BCUT2D eigenvalue weighted by Crippen LogP contribution is 2.10. The Bertz CT molecular complexity index is 508. The zero-order valence-electron chi connectivity index (χ0n) is 9.90. The molecule has 0 fully saturated rings. The summed E-state index contributed by atoms with van der Waals surface area (Å²) in [6.07, 6.45) is 0.984. The van der Waals surface area contributed by atoms with E-state index in [0.717, 1.165) is 28.0 Å². The Morgan fingerprint density at radius 3 is 2.33 bits per heavy atom. The third kappa shape index (κ3) is 3.93. The number of thiocarbonyl (C=S) groups is 1. The first kappa shape index (κ1) is 13.2. The summed E-state index contributed by atoms with van der Waals surface area (Å²) in [7, 11) is 0. The van der Waals surface area contributed by atoms with Gasteiger partial charge in [0.05, 0.1) is 0 Å². The van der Waals surface area contributed by atoms with Crippen molar-refractivity contribution in [2.45, 2.75) is 6.42 Å². The molecule has 0 aliphatic carbocycles. The molecule has 0 aliphatic heterocycles. The lowest BCUT2D eigenvalue weighted by atomic mass is 10.1. The van der Waals surface area contributed by atoms with Gasteiger partial charge in [0.25, 0.3) is 0 Å². The van der Waals surface area contributed by atoms with Crippen LogP contribution in [-0.2, 0) is 6.42 Å². The fraction of sp³-hybridized carbons (Fsp3) is 0.133. The number of halogens is 1. The van der Waals surface area contributed by atoms with Gasteiger partial charge in [0.1, 0.15) is 4.99 Å². The first-order valence-corrected chi connectivity index (χ1v) is 7.03. The zero-order valence-corrected chi connectivity index (χ0v) is 12.3. The Morgan fingerprint density at radius 1 is 1.00 bits per heavy atom. The summed E-state index contributed by atoms with van der Waals surface area (Å²) >= 11 is 8.77. The molecule has 18 heavy (non-hydrogen) atoms. The maximum atomic E-state index is 5.35. The number of hydrogen-bond acceptors (Lipinski definition) is 1. The van der Waals surface area contributed by atoms with Gasteiger partial charge >= 0.3 is 0 Å². The van der Waals surface area contributed by atoms with E-state index in [0.29, 0.717) is 0 Å². The van der Waals surface area contributed by atoms with Gasteiger partial charge < -0.3 is 5.32 Å². The average molecular weight is 320 g/mol. The summed E-state index contributed by atoms with van der Waals surface area (Å²) in [5.74, 6) is 0. The van der Waals surface area contributed by atoms with Crippen molar-refractivity contribution in [3.05, 3.63) is 70.2 Å². The van der Waals surface area contributed by atoms with Gasteiger partial charge in [-0.25, -0.2) is 0 Å². The van der Waals surface area contributed by atoms with Crippen LogP contribution in [0, 0.1) is 0 Å². The van der Waals surface area contributed by atoms with E-state index in [1.807, 2.05) is 30.3 Å². The molecule has 2 rings (SSSR count). The predicted octanol–water partition coefficient (Wildman–Crippen LogP) is 3.96. The molecule has 0 spiro atoms. The van der Waals surface area contributed by atoms with E-state index < -0.39 is 0 Å². The van der Waals surface area contributed by atoms with E-state index in [9.17, 15) is 0 Å². The van der Waals surface area contributed by atoms with Crippen LogP contribution in [0.2, 0.25) is 0 Å². The molecule has 2 aromatic rings. The van der Waals surface area contributed by atoms with E-state index in [1.165, 1.54) is 5.56 Å². The maximum absolute atomic E-state index is 5.35. The molecule has 0 saturated carbocycles. The van der Waals surface area contributed by atoms with Crippen molar-refractivity contribution in [3.8, 4) is 0 Å². The molecule has 0 heterocycles. The smallest absolute Gasteiger partial charge is 0.106 e. The lowest BCUT2D eigenvalue weighted by Gasteiger charge is -2.08. The van der Waals surface area contributed by atoms with Crippen LogP contribution in [0.5, 0.6) is 0 Å². The summed E-state index contributed by atoms with van der Waals surface area (Å²) in [6, 6.07) is 18.4. The molecule has 0 saturated heterocycles. The summed E-state index contributed by atoms with van der Waals surface area (Å²) in [5.41, 5.74) is 2.38. The van der Waals surface area contributed by atoms with Crippen LogP contribution >= 0.6 is 28.1 Å². The molecule has 92 valence electrons. The van der Waals surface area contributed by atoms with Gasteiger partial charge in [0.15, 0.2) is 0 Å². The Hall–Kier alpha value is -1.19. The molecule has 0 amide bonds. The molecule has 0 bridgehead atoms. The minimum absolute atomic E-state index is 0.804. The second-order valence-corrected chi connectivity index (χ2v) is 5.32. The van der Waals surface area contributed by atoms with E-state index in [1.54, 1.807) is 0 Å². The van der Waals surface area contributed by atoms with Gasteiger partial charge in [-0.1, -0.05) is 70.6 Å². The minimum atomic E-state index is 0.804. The SMILES string of the molecule is S=C(NCCc1ccccc1)c1ccc(Br)cc1. The second-order valence-electron chi connectivity index (χ2n) is 4.00. The van der Waals surface area contributed by atoms with E-state index >= 15 is 0 Å². The quantitative estimate of drug-likeness (QED) is 0.856. The van der Waals surface area contributed by atoms with Crippen molar-refractivity contribution in [1.29, 1.82) is 0 Å². The largest absolute Gasteiger partial charge is 0.375 e. The van der Waals surface area contributed by atoms with Crippen molar-refractivity contribution < 1.29 is 0 Å². The molecule has 0 atom stereocenters.